The standard InChI is InChI=1S/C15H21FN2O/c16-12-3-6-14(17-9-12)15(19)7-8-18(13-4-5-13)10-11-1-2-11/h3,6,9,11,13,15,19H,1-2,4-5,7-8,10H2. The Morgan fingerprint density at radius 2 is 2.11 bits per heavy atom. The van der Waals surface area contributed by atoms with Crippen LogP contribution in [0.4, 0.5) is 4.39 Å². The van der Waals surface area contributed by atoms with Crippen LogP contribution in [0, 0.1) is 11.7 Å². The van der Waals surface area contributed by atoms with Gasteiger partial charge in [-0.15, -0.1) is 0 Å². The molecule has 104 valence electrons. The van der Waals surface area contributed by atoms with Crippen molar-refractivity contribution in [2.24, 2.45) is 5.92 Å². The van der Waals surface area contributed by atoms with Gasteiger partial charge in [-0.1, -0.05) is 0 Å². The van der Waals surface area contributed by atoms with Crippen LogP contribution in [0.5, 0.6) is 0 Å². The van der Waals surface area contributed by atoms with Gasteiger partial charge in [-0.2, -0.15) is 0 Å². The minimum Gasteiger partial charge on any atom is -0.387 e. The van der Waals surface area contributed by atoms with Gasteiger partial charge >= 0.3 is 0 Å². The predicted octanol–water partition coefficient (Wildman–Crippen LogP) is 2.52. The van der Waals surface area contributed by atoms with E-state index in [0.717, 1.165) is 18.5 Å². The van der Waals surface area contributed by atoms with E-state index < -0.39 is 6.10 Å². The molecule has 0 aliphatic heterocycles. The van der Waals surface area contributed by atoms with Gasteiger partial charge in [0.15, 0.2) is 0 Å². The third-order valence-corrected chi connectivity index (χ3v) is 4.03. The summed E-state index contributed by atoms with van der Waals surface area (Å²) < 4.78 is 12.8. The van der Waals surface area contributed by atoms with Crippen molar-refractivity contribution in [3.05, 3.63) is 29.8 Å². The molecule has 0 amide bonds. The molecule has 2 aliphatic carbocycles. The summed E-state index contributed by atoms with van der Waals surface area (Å²) in [6, 6.07) is 3.67. The Hall–Kier alpha value is -1.00. The summed E-state index contributed by atoms with van der Waals surface area (Å²) in [5.41, 5.74) is 0.573. The average Bonchev–Trinajstić information content (AvgIpc) is 3.27. The van der Waals surface area contributed by atoms with Crippen LogP contribution in [0.1, 0.15) is 43.9 Å². The van der Waals surface area contributed by atoms with Gasteiger partial charge in [0.1, 0.15) is 5.82 Å². The summed E-state index contributed by atoms with van der Waals surface area (Å²) in [7, 11) is 0. The fourth-order valence-electron chi connectivity index (χ4n) is 2.52. The van der Waals surface area contributed by atoms with E-state index >= 15 is 0 Å². The molecule has 1 aromatic rings. The minimum absolute atomic E-state index is 0.357. The van der Waals surface area contributed by atoms with Gasteiger partial charge in [0.05, 0.1) is 18.0 Å². The molecule has 0 bridgehead atoms. The van der Waals surface area contributed by atoms with Crippen molar-refractivity contribution in [1.29, 1.82) is 0 Å². The highest BCUT2D eigenvalue weighted by Gasteiger charge is 2.33. The van der Waals surface area contributed by atoms with Crippen LogP contribution in [-0.4, -0.2) is 34.1 Å². The highest BCUT2D eigenvalue weighted by Crippen LogP contribution is 2.35. The number of aliphatic hydroxyl groups excluding tert-OH is 1. The molecule has 1 atom stereocenters. The lowest BCUT2D eigenvalue weighted by atomic mass is 10.1. The smallest absolute Gasteiger partial charge is 0.141 e. The molecule has 1 aromatic heterocycles. The Bertz CT molecular complexity index is 415. The maximum Gasteiger partial charge on any atom is 0.141 e. The van der Waals surface area contributed by atoms with Crippen LogP contribution < -0.4 is 0 Å². The molecule has 0 radical (unpaired) electrons. The number of aliphatic hydroxyl groups is 1. The third-order valence-electron chi connectivity index (χ3n) is 4.03. The molecule has 0 spiro atoms. The summed E-state index contributed by atoms with van der Waals surface area (Å²) in [4.78, 5) is 6.46. The molecule has 1 unspecified atom stereocenters. The average molecular weight is 264 g/mol. The Kier molecular flexibility index (Phi) is 3.80. The first kappa shape index (κ1) is 13.0. The molecular formula is C15H21FN2O. The molecule has 19 heavy (non-hydrogen) atoms. The molecule has 1 heterocycles. The van der Waals surface area contributed by atoms with Gasteiger partial charge in [-0.25, -0.2) is 4.39 Å². The lowest BCUT2D eigenvalue weighted by molar-refractivity contribution is 0.133. The maximum atomic E-state index is 12.8. The van der Waals surface area contributed by atoms with E-state index in [1.807, 2.05) is 0 Å². The minimum atomic E-state index is -0.582. The number of pyridine rings is 1. The first-order valence-corrected chi connectivity index (χ1v) is 7.26. The van der Waals surface area contributed by atoms with Crippen molar-refractivity contribution < 1.29 is 9.50 Å². The molecule has 0 aromatic carbocycles. The lowest BCUT2D eigenvalue weighted by Gasteiger charge is -2.23. The Labute approximate surface area is 113 Å². The van der Waals surface area contributed by atoms with E-state index in [1.54, 1.807) is 6.07 Å². The number of rotatable bonds is 7. The molecule has 2 saturated carbocycles. The highest BCUT2D eigenvalue weighted by molar-refractivity contribution is 5.08. The highest BCUT2D eigenvalue weighted by atomic mass is 19.1. The molecular weight excluding hydrogens is 243 g/mol. The van der Waals surface area contributed by atoms with Crippen molar-refractivity contribution >= 4 is 0 Å². The monoisotopic (exact) mass is 264 g/mol. The van der Waals surface area contributed by atoms with Crippen LogP contribution >= 0.6 is 0 Å². The third kappa shape index (κ3) is 3.74. The molecule has 2 aliphatic rings. The van der Waals surface area contributed by atoms with Gasteiger partial charge in [-0.05, 0) is 50.2 Å². The zero-order valence-corrected chi connectivity index (χ0v) is 11.1. The molecule has 4 heteroatoms. The van der Waals surface area contributed by atoms with Crippen molar-refractivity contribution in [3.8, 4) is 0 Å². The Morgan fingerprint density at radius 3 is 2.68 bits per heavy atom. The lowest BCUT2D eigenvalue weighted by Crippen LogP contribution is -2.30. The van der Waals surface area contributed by atoms with E-state index in [2.05, 4.69) is 9.88 Å². The van der Waals surface area contributed by atoms with Crippen LogP contribution in [0.2, 0.25) is 0 Å². The second-order valence-electron chi connectivity index (χ2n) is 5.88. The summed E-state index contributed by atoms with van der Waals surface area (Å²) in [5, 5.41) is 10.1. The number of halogens is 1. The molecule has 0 saturated heterocycles. The van der Waals surface area contributed by atoms with E-state index in [4.69, 9.17) is 0 Å². The van der Waals surface area contributed by atoms with Gasteiger partial charge in [-0.3, -0.25) is 4.98 Å². The normalized spacial score (nSPS) is 20.8. The van der Waals surface area contributed by atoms with Crippen molar-refractivity contribution in [1.82, 2.24) is 9.88 Å². The van der Waals surface area contributed by atoms with Crippen molar-refractivity contribution in [2.45, 2.75) is 44.2 Å². The van der Waals surface area contributed by atoms with E-state index in [0.29, 0.717) is 12.1 Å². The number of nitrogens with zero attached hydrogens (tertiary/aromatic N) is 2. The molecule has 3 nitrogen and oxygen atoms in total. The first-order valence-electron chi connectivity index (χ1n) is 7.26. The zero-order valence-electron chi connectivity index (χ0n) is 11.1. The Balaban J connectivity index is 1.50. The predicted molar refractivity (Wildman–Crippen MR) is 71.1 cm³/mol. The van der Waals surface area contributed by atoms with Gasteiger partial charge in [0.25, 0.3) is 0 Å². The zero-order chi connectivity index (χ0) is 13.2. The molecule has 2 fully saturated rings. The molecule has 3 rings (SSSR count). The van der Waals surface area contributed by atoms with E-state index in [9.17, 15) is 9.50 Å². The van der Waals surface area contributed by atoms with E-state index in [-0.39, 0.29) is 5.82 Å². The number of aromatic nitrogens is 1. The molecule has 1 N–H and O–H groups in total. The quantitative estimate of drug-likeness (QED) is 0.822. The van der Waals surface area contributed by atoms with E-state index in [1.165, 1.54) is 44.5 Å². The van der Waals surface area contributed by atoms with Crippen LogP contribution in [0.15, 0.2) is 18.3 Å². The first-order chi connectivity index (χ1) is 9.22. The maximum absolute atomic E-state index is 12.8. The Morgan fingerprint density at radius 1 is 1.32 bits per heavy atom. The van der Waals surface area contributed by atoms with Crippen molar-refractivity contribution in [3.63, 3.8) is 0 Å². The van der Waals surface area contributed by atoms with Crippen LogP contribution in [0.3, 0.4) is 0 Å². The van der Waals surface area contributed by atoms with Gasteiger partial charge < -0.3 is 10.0 Å². The summed E-state index contributed by atoms with van der Waals surface area (Å²) >= 11 is 0. The second kappa shape index (κ2) is 5.55. The summed E-state index contributed by atoms with van der Waals surface area (Å²) in [5.74, 6) is 0.533. The van der Waals surface area contributed by atoms with Gasteiger partial charge in [0.2, 0.25) is 0 Å². The van der Waals surface area contributed by atoms with Crippen LogP contribution in [0.25, 0.3) is 0 Å². The topological polar surface area (TPSA) is 36.4 Å². The second-order valence-corrected chi connectivity index (χ2v) is 5.88. The number of hydrogen-bond donors (Lipinski definition) is 1. The summed E-state index contributed by atoms with van der Waals surface area (Å²) in [6.07, 6.45) is 6.61. The van der Waals surface area contributed by atoms with Crippen molar-refractivity contribution in [2.75, 3.05) is 13.1 Å². The fourth-order valence-corrected chi connectivity index (χ4v) is 2.52. The summed E-state index contributed by atoms with van der Waals surface area (Å²) in [6.45, 7) is 2.11. The largest absolute Gasteiger partial charge is 0.387 e. The van der Waals surface area contributed by atoms with Gasteiger partial charge in [0, 0.05) is 19.1 Å². The SMILES string of the molecule is OC(CCN(CC1CC1)C1CC1)c1ccc(F)cn1. The fraction of sp³-hybridized carbons (Fsp3) is 0.667. The number of hydrogen-bond acceptors (Lipinski definition) is 3. The van der Waals surface area contributed by atoms with Crippen LogP contribution in [-0.2, 0) is 0 Å².